The summed E-state index contributed by atoms with van der Waals surface area (Å²) in [6.07, 6.45) is 0.754. The van der Waals surface area contributed by atoms with E-state index in [9.17, 15) is 0 Å². The zero-order valence-electron chi connectivity index (χ0n) is 6.32. The number of rotatable bonds is 5. The van der Waals surface area contributed by atoms with Crippen LogP contribution >= 0.6 is 0 Å². The van der Waals surface area contributed by atoms with Crippen LogP contribution in [0.15, 0.2) is 0 Å². The highest BCUT2D eigenvalue weighted by Gasteiger charge is 2.05. The third-order valence-electron chi connectivity index (χ3n) is 1.52. The van der Waals surface area contributed by atoms with Gasteiger partial charge >= 0.3 is 0 Å². The fourth-order valence-corrected chi connectivity index (χ4v) is 0.680. The molecule has 0 aromatic heterocycles. The molecular weight excluding hydrogens is 132 g/mol. The van der Waals surface area contributed by atoms with Crippen LogP contribution in [0.3, 0.4) is 0 Å². The molecule has 0 saturated heterocycles. The molecule has 0 rings (SSSR count). The van der Waals surface area contributed by atoms with E-state index in [-0.39, 0.29) is 12.7 Å². The Morgan fingerprint density at radius 2 is 1.60 bits per heavy atom. The molecule has 3 nitrogen and oxygen atoms in total. The van der Waals surface area contributed by atoms with Gasteiger partial charge in [-0.15, -0.1) is 0 Å². The number of hydrogen-bond acceptors (Lipinski definition) is 3. The van der Waals surface area contributed by atoms with Gasteiger partial charge in [-0.05, 0) is 19.3 Å². The first-order chi connectivity index (χ1) is 4.70. The van der Waals surface area contributed by atoms with Gasteiger partial charge in [-0.3, -0.25) is 0 Å². The van der Waals surface area contributed by atoms with Crippen molar-refractivity contribution in [2.45, 2.75) is 38.4 Å². The highest BCUT2D eigenvalue weighted by atomic mass is 16.3. The number of aliphatic hydroxyl groups excluding tert-OH is 3. The summed E-state index contributed by atoms with van der Waals surface area (Å²) >= 11 is 0. The smallest absolute Gasteiger partial charge is 0.0771 e. The summed E-state index contributed by atoms with van der Waals surface area (Å²) in [7, 11) is 0. The van der Waals surface area contributed by atoms with Crippen LogP contribution < -0.4 is 0 Å². The molecule has 0 aliphatic rings. The molecule has 10 heavy (non-hydrogen) atoms. The second-order valence-corrected chi connectivity index (χ2v) is 2.48. The van der Waals surface area contributed by atoms with E-state index in [0.717, 1.165) is 0 Å². The molecule has 0 heterocycles. The average molecular weight is 148 g/mol. The zero-order valence-corrected chi connectivity index (χ0v) is 6.32. The Hall–Kier alpha value is -0.120. The second kappa shape index (κ2) is 5.65. The normalized spacial score (nSPS) is 16.8. The van der Waals surface area contributed by atoms with Crippen LogP contribution in [-0.2, 0) is 0 Å². The quantitative estimate of drug-likeness (QED) is 0.510. The van der Waals surface area contributed by atoms with Crippen LogP contribution in [0.25, 0.3) is 0 Å². The topological polar surface area (TPSA) is 60.7 Å². The molecular formula is C7H16O3. The van der Waals surface area contributed by atoms with E-state index in [1.807, 2.05) is 6.92 Å². The molecule has 3 N–H and O–H groups in total. The Kier molecular flexibility index (Phi) is 5.58. The molecule has 0 fully saturated rings. The maximum atomic E-state index is 9.01. The molecule has 0 aromatic carbocycles. The summed E-state index contributed by atoms with van der Waals surface area (Å²) in [5.74, 6) is 0. The fraction of sp³-hybridized carbons (Fsp3) is 1.00. The minimum absolute atomic E-state index is 0.212. The van der Waals surface area contributed by atoms with Crippen molar-refractivity contribution < 1.29 is 15.3 Å². The van der Waals surface area contributed by atoms with Crippen LogP contribution in [0.2, 0.25) is 0 Å². The second-order valence-electron chi connectivity index (χ2n) is 2.48. The van der Waals surface area contributed by atoms with Crippen molar-refractivity contribution in [2.75, 3.05) is 6.61 Å². The molecule has 0 bridgehead atoms. The fourth-order valence-electron chi connectivity index (χ4n) is 0.680. The lowest BCUT2D eigenvalue weighted by Gasteiger charge is -2.09. The maximum Gasteiger partial charge on any atom is 0.0771 e. The minimum atomic E-state index is -0.666. The summed E-state index contributed by atoms with van der Waals surface area (Å²) in [4.78, 5) is 0. The Morgan fingerprint density at radius 1 is 1.10 bits per heavy atom. The van der Waals surface area contributed by atoms with Gasteiger partial charge in [-0.25, -0.2) is 0 Å². The van der Waals surface area contributed by atoms with Crippen LogP contribution in [0.1, 0.15) is 26.2 Å². The highest BCUT2D eigenvalue weighted by Crippen LogP contribution is 2.03. The standard InChI is InChI=1S/C7H16O3/c1-2-6(9)3-4-7(10)5-8/h6-10H,2-5H2,1H3/t6-,7-/m0/s1. The summed E-state index contributed by atoms with van der Waals surface area (Å²) < 4.78 is 0. The first-order valence-corrected chi connectivity index (χ1v) is 3.67. The first-order valence-electron chi connectivity index (χ1n) is 3.67. The molecule has 3 heteroatoms. The van der Waals surface area contributed by atoms with Crippen molar-refractivity contribution in [3.05, 3.63) is 0 Å². The molecule has 0 spiro atoms. The first kappa shape index (κ1) is 9.88. The van der Waals surface area contributed by atoms with Crippen molar-refractivity contribution in [1.82, 2.24) is 0 Å². The SMILES string of the molecule is CC[C@H](O)CC[C@H](O)CO. The van der Waals surface area contributed by atoms with Crippen LogP contribution in [0, 0.1) is 0 Å². The van der Waals surface area contributed by atoms with Gasteiger partial charge in [0.1, 0.15) is 0 Å². The molecule has 0 unspecified atom stereocenters. The summed E-state index contributed by atoms with van der Waals surface area (Å²) in [6.45, 7) is 1.67. The average Bonchev–Trinajstić information content (AvgIpc) is 1.99. The van der Waals surface area contributed by atoms with E-state index in [0.29, 0.717) is 19.3 Å². The Morgan fingerprint density at radius 3 is 2.00 bits per heavy atom. The number of hydrogen-bond donors (Lipinski definition) is 3. The summed E-state index contributed by atoms with van der Waals surface area (Å²) in [6, 6.07) is 0. The predicted molar refractivity (Wildman–Crippen MR) is 38.6 cm³/mol. The van der Waals surface area contributed by atoms with E-state index >= 15 is 0 Å². The Labute approximate surface area is 61.3 Å². The van der Waals surface area contributed by atoms with Gasteiger partial charge in [0, 0.05) is 0 Å². The van der Waals surface area contributed by atoms with Gasteiger partial charge in [0.15, 0.2) is 0 Å². The monoisotopic (exact) mass is 148 g/mol. The van der Waals surface area contributed by atoms with Gasteiger partial charge in [0.25, 0.3) is 0 Å². The lowest BCUT2D eigenvalue weighted by molar-refractivity contribution is 0.0677. The molecule has 0 aliphatic heterocycles. The van der Waals surface area contributed by atoms with Gasteiger partial charge in [-0.2, -0.15) is 0 Å². The molecule has 0 radical (unpaired) electrons. The van der Waals surface area contributed by atoms with Gasteiger partial charge in [0.05, 0.1) is 18.8 Å². The zero-order chi connectivity index (χ0) is 7.98. The van der Waals surface area contributed by atoms with E-state index in [4.69, 9.17) is 15.3 Å². The predicted octanol–water partition coefficient (Wildman–Crippen LogP) is -0.109. The molecule has 62 valence electrons. The van der Waals surface area contributed by atoms with Crippen molar-refractivity contribution in [3.63, 3.8) is 0 Å². The van der Waals surface area contributed by atoms with Crippen LogP contribution in [0.5, 0.6) is 0 Å². The lowest BCUT2D eigenvalue weighted by atomic mass is 10.1. The van der Waals surface area contributed by atoms with E-state index in [1.54, 1.807) is 0 Å². The van der Waals surface area contributed by atoms with Crippen LogP contribution in [0.4, 0.5) is 0 Å². The Bertz CT molecular complexity index is 65.3. The molecule has 0 aromatic rings. The number of aliphatic hydroxyl groups is 3. The van der Waals surface area contributed by atoms with Gasteiger partial charge < -0.3 is 15.3 Å². The van der Waals surface area contributed by atoms with E-state index in [1.165, 1.54) is 0 Å². The lowest BCUT2D eigenvalue weighted by Crippen LogP contribution is -2.15. The van der Waals surface area contributed by atoms with Crippen LogP contribution in [-0.4, -0.2) is 34.1 Å². The van der Waals surface area contributed by atoms with Gasteiger partial charge in [-0.1, -0.05) is 6.92 Å². The van der Waals surface area contributed by atoms with Crippen molar-refractivity contribution in [2.24, 2.45) is 0 Å². The van der Waals surface area contributed by atoms with Gasteiger partial charge in [0.2, 0.25) is 0 Å². The largest absolute Gasteiger partial charge is 0.394 e. The van der Waals surface area contributed by atoms with E-state index in [2.05, 4.69) is 0 Å². The molecule has 2 atom stereocenters. The van der Waals surface area contributed by atoms with Crippen molar-refractivity contribution in [1.29, 1.82) is 0 Å². The van der Waals surface area contributed by atoms with E-state index < -0.39 is 6.10 Å². The Balaban J connectivity index is 3.17. The highest BCUT2D eigenvalue weighted by molar-refractivity contribution is 4.58. The van der Waals surface area contributed by atoms with Crippen molar-refractivity contribution >= 4 is 0 Å². The van der Waals surface area contributed by atoms with Crippen molar-refractivity contribution in [3.8, 4) is 0 Å². The molecule has 0 aliphatic carbocycles. The summed E-state index contributed by atoms with van der Waals surface area (Å²) in [5, 5.41) is 26.2. The minimum Gasteiger partial charge on any atom is -0.394 e. The third kappa shape index (κ3) is 4.73. The maximum absolute atomic E-state index is 9.01. The molecule has 0 saturated carbocycles. The molecule has 0 amide bonds. The third-order valence-corrected chi connectivity index (χ3v) is 1.52. The summed E-state index contributed by atoms with van der Waals surface area (Å²) in [5.41, 5.74) is 0.